The highest BCUT2D eigenvalue weighted by molar-refractivity contribution is 9.10. The highest BCUT2D eigenvalue weighted by atomic mass is 79.9. The lowest BCUT2D eigenvalue weighted by molar-refractivity contribution is 0.563. The SMILES string of the molecule is CC1(C)c2ccccc2C2(c3ccccc3-c3ccc(-c4cccc5c4oc4c(Br)cccc45)cc32)c2ccccc21.CC1(C)c2ccccc2C2(c3ccccc3-c3ccc(-c4cccc5c4oc4c(N(c6ccc(-c7ccccc7)cc6)c6ccc(-c7ccccc7)cc6)cccc45)cc32)c2ccccc21.c1ccc(-c2ccc(Nc3ccc(-c4ccccc4)cc3)cc2)cc1. The van der Waals surface area contributed by atoms with Crippen LogP contribution < -0.4 is 10.2 Å². The summed E-state index contributed by atoms with van der Waals surface area (Å²) in [5.74, 6) is 0. The lowest BCUT2D eigenvalue weighted by atomic mass is 9.55. The average Bonchev–Trinajstić information content (AvgIpc) is 1.59. The van der Waals surface area contributed by atoms with Gasteiger partial charge in [-0.3, -0.25) is 0 Å². The van der Waals surface area contributed by atoms with Gasteiger partial charge in [-0.2, -0.15) is 0 Å². The van der Waals surface area contributed by atoms with E-state index in [2.05, 4.69) is 509 Å². The first-order valence-corrected chi connectivity index (χ1v) is 46.8. The van der Waals surface area contributed by atoms with Gasteiger partial charge in [0, 0.05) is 66.3 Å². The highest BCUT2D eigenvalue weighted by Crippen LogP contribution is 2.65. The Hall–Kier alpha value is -15.9. The van der Waals surface area contributed by atoms with Crippen molar-refractivity contribution in [2.24, 2.45) is 0 Å². The standard InChI is InChI=1S/C64H45NO.C40H27BrO.C24H19N/c1-63(2)55-26-11-13-28-57(55)64(58-29-14-12-27-56(58)63)54-25-10-9-21-50(54)51-40-35-46(41-59(51)64)49-22-15-23-52-53-24-16-30-60(62(53)66-61(49)52)65(47-36-31-44(32-37-47)42-17-5-3-6-18-42)48-38-33-45(34-39-48)43-19-7-4-8-20-43;1-39(2)31-16-5-7-18-33(31)40(34-19-8-6-17-32(34)39)30-15-4-3-11-26(30)27-22-21-24(23-35(27)40)25-12-9-13-28-29-14-10-20-36(41)38(29)42-37(25)28;1-3-7-19(8-4-1)21-11-15-23(16-12-21)25-24-17-13-22(14-18-24)20-9-5-2-6-10-20/h3-41H,1-2H3;3-23H,1-2H3;1-18,25H. The molecule has 0 saturated heterocycles. The lowest BCUT2D eigenvalue weighted by Crippen LogP contribution is -2.40. The summed E-state index contributed by atoms with van der Waals surface area (Å²) in [7, 11) is 0. The van der Waals surface area contributed by atoms with Gasteiger partial charge in [0.1, 0.15) is 16.7 Å². The molecule has 0 atom stereocenters. The average molecular weight is 1770 g/mol. The van der Waals surface area contributed by atoms with Crippen molar-refractivity contribution in [3.05, 3.63) is 544 Å². The fourth-order valence-corrected chi connectivity index (χ4v) is 22.9. The number of hydrogen-bond donors (Lipinski definition) is 1. The summed E-state index contributed by atoms with van der Waals surface area (Å²) in [6, 6.07) is 172. The predicted octanol–water partition coefficient (Wildman–Crippen LogP) is 34.8. The monoisotopic (exact) mass is 1770 g/mol. The molecule has 26 rings (SSSR count). The van der Waals surface area contributed by atoms with Gasteiger partial charge < -0.3 is 19.1 Å². The van der Waals surface area contributed by atoms with E-state index in [9.17, 15) is 0 Å². The Morgan fingerprint density at radius 2 is 0.466 bits per heavy atom. The zero-order valence-corrected chi connectivity index (χ0v) is 75.8. The van der Waals surface area contributed by atoms with Gasteiger partial charge in [0.2, 0.25) is 0 Å². The van der Waals surface area contributed by atoms with Crippen molar-refractivity contribution in [3.63, 3.8) is 0 Å². The van der Waals surface area contributed by atoms with Gasteiger partial charge >= 0.3 is 0 Å². The van der Waals surface area contributed by atoms with E-state index in [1.807, 2.05) is 18.2 Å². The summed E-state index contributed by atoms with van der Waals surface area (Å²) in [5, 5.41) is 7.90. The number of anilines is 5. The molecule has 4 aliphatic carbocycles. The van der Waals surface area contributed by atoms with Crippen LogP contribution in [0.15, 0.2) is 486 Å². The van der Waals surface area contributed by atoms with Crippen LogP contribution in [0.3, 0.4) is 0 Å². The molecule has 2 aromatic heterocycles. The number of furan rings is 2. The van der Waals surface area contributed by atoms with E-state index >= 15 is 0 Å². The predicted molar refractivity (Wildman–Crippen MR) is 557 cm³/mol. The van der Waals surface area contributed by atoms with Crippen LogP contribution in [0.1, 0.15) is 94.5 Å². The number of hydrogen-bond acceptors (Lipinski definition) is 4. The number of nitrogens with zero attached hydrogens (tertiary/aromatic N) is 1. The minimum Gasteiger partial charge on any atom is -0.454 e. The van der Waals surface area contributed by atoms with Crippen LogP contribution in [0.2, 0.25) is 0 Å². The minimum atomic E-state index is -0.480. The van der Waals surface area contributed by atoms with E-state index in [0.717, 1.165) is 93.5 Å². The van der Waals surface area contributed by atoms with Crippen molar-refractivity contribution in [1.82, 2.24) is 0 Å². The molecule has 22 aromatic rings. The fraction of sp³-hybridized carbons (Fsp3) is 0.0625. The van der Waals surface area contributed by atoms with Crippen LogP contribution in [0.5, 0.6) is 0 Å². The van der Waals surface area contributed by atoms with Crippen molar-refractivity contribution in [1.29, 1.82) is 0 Å². The second kappa shape index (κ2) is 32.3. The summed E-state index contributed by atoms with van der Waals surface area (Å²) in [4.78, 5) is 2.34. The third-order valence-electron chi connectivity index (χ3n) is 28.7. The van der Waals surface area contributed by atoms with E-state index in [0.29, 0.717) is 0 Å². The molecule has 0 fully saturated rings. The van der Waals surface area contributed by atoms with E-state index in [4.69, 9.17) is 8.83 Å². The summed E-state index contributed by atoms with van der Waals surface area (Å²) in [6.45, 7) is 9.51. The fourth-order valence-electron chi connectivity index (χ4n) is 22.5. The van der Waals surface area contributed by atoms with E-state index < -0.39 is 10.8 Å². The van der Waals surface area contributed by atoms with Gasteiger partial charge in [0.05, 0.1) is 21.0 Å². The normalized spacial score (nSPS) is 13.7. The van der Waals surface area contributed by atoms with Crippen molar-refractivity contribution >= 4 is 88.2 Å². The number of para-hydroxylation sites is 4. The molecule has 4 nitrogen and oxygen atoms in total. The molecule has 20 aromatic carbocycles. The molecule has 632 valence electrons. The van der Waals surface area contributed by atoms with Crippen LogP contribution in [0.4, 0.5) is 28.4 Å². The number of fused-ring (bicyclic) bond motifs is 24. The third kappa shape index (κ3) is 13.1. The van der Waals surface area contributed by atoms with Crippen LogP contribution in [-0.4, -0.2) is 0 Å². The van der Waals surface area contributed by atoms with Crippen molar-refractivity contribution < 1.29 is 8.83 Å². The van der Waals surface area contributed by atoms with Gasteiger partial charge in [-0.15, -0.1) is 0 Å². The molecule has 0 amide bonds. The first-order valence-electron chi connectivity index (χ1n) is 46.0. The van der Waals surface area contributed by atoms with Gasteiger partial charge in [0.25, 0.3) is 0 Å². The topological polar surface area (TPSA) is 41.6 Å². The summed E-state index contributed by atoms with van der Waals surface area (Å²) in [5.41, 5.74) is 43.4. The number of rotatable bonds is 11. The zero-order chi connectivity index (χ0) is 89.1. The molecule has 4 aliphatic rings. The molecule has 0 unspecified atom stereocenters. The van der Waals surface area contributed by atoms with Gasteiger partial charge in [-0.25, -0.2) is 0 Å². The van der Waals surface area contributed by atoms with E-state index in [-0.39, 0.29) is 10.8 Å². The quantitative estimate of drug-likeness (QED) is 0.140. The second-order valence-electron chi connectivity index (χ2n) is 36.6. The first kappa shape index (κ1) is 80.4. The molecule has 0 radical (unpaired) electrons. The molecular formula is C128H91BrN2O2. The third-order valence-corrected chi connectivity index (χ3v) is 29.3. The molecule has 2 heterocycles. The maximum atomic E-state index is 7.30. The zero-order valence-electron chi connectivity index (χ0n) is 74.2. The molecule has 5 heteroatoms. The van der Waals surface area contributed by atoms with Crippen LogP contribution in [0, 0.1) is 0 Å². The van der Waals surface area contributed by atoms with Crippen molar-refractivity contribution in [2.45, 2.75) is 49.4 Å². The van der Waals surface area contributed by atoms with Crippen LogP contribution in [0.25, 0.3) is 133 Å². The molecule has 1 N–H and O–H groups in total. The Bertz CT molecular complexity index is 7990. The summed E-state index contributed by atoms with van der Waals surface area (Å²) < 4.78 is 14.9. The first-order chi connectivity index (χ1) is 65.4. The smallest absolute Gasteiger partial charge is 0.159 e. The minimum absolute atomic E-state index is 0.110. The van der Waals surface area contributed by atoms with Gasteiger partial charge in [-0.1, -0.05) is 428 Å². The van der Waals surface area contributed by atoms with Crippen LogP contribution >= 0.6 is 15.9 Å². The molecule has 133 heavy (non-hydrogen) atoms. The Labute approximate surface area is 784 Å². The number of halogens is 1. The summed E-state index contributed by atoms with van der Waals surface area (Å²) in [6.07, 6.45) is 0. The molecule has 2 spiro atoms. The lowest BCUT2D eigenvalue weighted by Gasteiger charge is -2.46. The Morgan fingerprint density at radius 1 is 0.203 bits per heavy atom. The van der Waals surface area contributed by atoms with Crippen molar-refractivity contribution in [3.8, 4) is 89.0 Å². The Balaban J connectivity index is 0.000000123. The van der Waals surface area contributed by atoms with E-state index in [1.165, 1.54) is 139 Å². The van der Waals surface area contributed by atoms with Gasteiger partial charge in [0.15, 0.2) is 5.58 Å². The van der Waals surface area contributed by atoms with E-state index in [1.54, 1.807) is 0 Å². The molecule has 0 bridgehead atoms. The number of nitrogens with one attached hydrogen (secondary N) is 1. The molecule has 0 saturated carbocycles. The molecule has 0 aliphatic heterocycles. The maximum Gasteiger partial charge on any atom is 0.159 e. The Kier molecular flexibility index (Phi) is 19.5. The maximum absolute atomic E-state index is 7.30. The Morgan fingerprint density at radius 3 is 0.835 bits per heavy atom. The summed E-state index contributed by atoms with van der Waals surface area (Å²) >= 11 is 3.71. The largest absolute Gasteiger partial charge is 0.454 e. The highest BCUT2D eigenvalue weighted by Gasteiger charge is 2.55. The van der Waals surface area contributed by atoms with Crippen molar-refractivity contribution in [2.75, 3.05) is 10.2 Å². The second-order valence-corrected chi connectivity index (χ2v) is 37.4. The van der Waals surface area contributed by atoms with Gasteiger partial charge in [-0.05, 0) is 233 Å². The number of benzene rings is 20. The van der Waals surface area contributed by atoms with Crippen LogP contribution in [-0.2, 0) is 21.7 Å². The molecular weight excluding hydrogens is 1680 g/mol.